The van der Waals surface area contributed by atoms with E-state index in [9.17, 15) is 10.1 Å². The SMILES string of the molecule is CNc1cc([N+](=O)[O-])cc(N(C)Cc2cccc(Br)c2)n1. The Labute approximate surface area is 131 Å². The summed E-state index contributed by atoms with van der Waals surface area (Å²) >= 11 is 3.43. The number of nitro groups is 1. The second-order valence-electron chi connectivity index (χ2n) is 4.56. The molecule has 0 fully saturated rings. The average molecular weight is 351 g/mol. The lowest BCUT2D eigenvalue weighted by molar-refractivity contribution is -0.384. The van der Waals surface area contributed by atoms with Crippen LogP contribution in [0, 0.1) is 10.1 Å². The molecule has 1 aromatic carbocycles. The highest BCUT2D eigenvalue weighted by Crippen LogP contribution is 2.24. The molecule has 0 amide bonds. The molecule has 1 aromatic heterocycles. The Morgan fingerprint density at radius 3 is 2.76 bits per heavy atom. The molecule has 0 unspecified atom stereocenters. The Morgan fingerprint density at radius 2 is 2.14 bits per heavy atom. The number of nitrogens with zero attached hydrogens (tertiary/aromatic N) is 3. The highest BCUT2D eigenvalue weighted by molar-refractivity contribution is 9.10. The first-order chi connectivity index (χ1) is 9.99. The molecule has 6 nitrogen and oxygen atoms in total. The molecule has 1 heterocycles. The van der Waals surface area contributed by atoms with Crippen molar-refractivity contribution < 1.29 is 4.92 Å². The summed E-state index contributed by atoms with van der Waals surface area (Å²) in [5.74, 6) is 1.02. The zero-order valence-corrected chi connectivity index (χ0v) is 13.3. The van der Waals surface area contributed by atoms with Crippen LogP contribution in [-0.2, 0) is 6.54 Å². The number of hydrogen-bond donors (Lipinski definition) is 1. The van der Waals surface area contributed by atoms with Gasteiger partial charge in [-0.1, -0.05) is 28.1 Å². The number of benzene rings is 1. The first-order valence-electron chi connectivity index (χ1n) is 6.29. The van der Waals surface area contributed by atoms with Gasteiger partial charge in [-0.25, -0.2) is 4.98 Å². The standard InChI is InChI=1S/C14H15BrN4O2/c1-16-13-7-12(19(20)21)8-14(17-13)18(2)9-10-4-3-5-11(15)6-10/h3-8H,9H2,1-2H3,(H,16,17). The number of halogens is 1. The van der Waals surface area contributed by atoms with Gasteiger partial charge >= 0.3 is 0 Å². The summed E-state index contributed by atoms with van der Waals surface area (Å²) in [5.41, 5.74) is 1.11. The van der Waals surface area contributed by atoms with Crippen LogP contribution in [0.2, 0.25) is 0 Å². The van der Waals surface area contributed by atoms with E-state index in [0.29, 0.717) is 18.2 Å². The van der Waals surface area contributed by atoms with Gasteiger partial charge in [-0.3, -0.25) is 10.1 Å². The largest absolute Gasteiger partial charge is 0.373 e. The Kier molecular flexibility index (Phi) is 4.74. The third-order valence-electron chi connectivity index (χ3n) is 2.96. The topological polar surface area (TPSA) is 71.3 Å². The van der Waals surface area contributed by atoms with Crippen molar-refractivity contribution in [2.24, 2.45) is 0 Å². The monoisotopic (exact) mass is 350 g/mol. The van der Waals surface area contributed by atoms with E-state index in [0.717, 1.165) is 10.0 Å². The molecule has 0 bridgehead atoms. The van der Waals surface area contributed by atoms with Crippen LogP contribution in [0.1, 0.15) is 5.56 Å². The molecule has 0 atom stereocenters. The maximum atomic E-state index is 11.0. The second kappa shape index (κ2) is 6.53. The number of hydrogen-bond acceptors (Lipinski definition) is 5. The molecule has 0 aliphatic carbocycles. The van der Waals surface area contributed by atoms with Crippen molar-refractivity contribution in [3.63, 3.8) is 0 Å². The van der Waals surface area contributed by atoms with Crippen LogP contribution in [0.15, 0.2) is 40.9 Å². The van der Waals surface area contributed by atoms with E-state index >= 15 is 0 Å². The van der Waals surface area contributed by atoms with Crippen molar-refractivity contribution in [3.05, 3.63) is 56.5 Å². The van der Waals surface area contributed by atoms with Crippen molar-refractivity contribution in [1.82, 2.24) is 4.98 Å². The van der Waals surface area contributed by atoms with E-state index in [1.165, 1.54) is 12.1 Å². The van der Waals surface area contributed by atoms with Gasteiger partial charge in [0.15, 0.2) is 0 Å². The van der Waals surface area contributed by atoms with Crippen LogP contribution in [0.5, 0.6) is 0 Å². The Hall–Kier alpha value is -2.15. The van der Waals surface area contributed by atoms with Crippen molar-refractivity contribution in [2.75, 3.05) is 24.3 Å². The molecule has 0 radical (unpaired) electrons. The number of pyridine rings is 1. The lowest BCUT2D eigenvalue weighted by Gasteiger charge is -2.19. The minimum Gasteiger partial charge on any atom is -0.373 e. The summed E-state index contributed by atoms with van der Waals surface area (Å²) in [7, 11) is 3.54. The van der Waals surface area contributed by atoms with E-state index in [1.807, 2.05) is 36.2 Å². The van der Waals surface area contributed by atoms with Crippen LogP contribution < -0.4 is 10.2 Å². The molecule has 2 aromatic rings. The summed E-state index contributed by atoms with van der Waals surface area (Å²) in [6.07, 6.45) is 0. The van der Waals surface area contributed by atoms with Gasteiger partial charge in [0, 0.05) is 25.1 Å². The summed E-state index contributed by atoms with van der Waals surface area (Å²) in [5, 5.41) is 13.8. The van der Waals surface area contributed by atoms with Gasteiger partial charge in [0.2, 0.25) is 0 Å². The molecule has 0 spiro atoms. The first kappa shape index (κ1) is 15.2. The molecular weight excluding hydrogens is 336 g/mol. The molecule has 0 aliphatic heterocycles. The predicted molar refractivity (Wildman–Crippen MR) is 86.7 cm³/mol. The fraction of sp³-hybridized carbons (Fsp3) is 0.214. The van der Waals surface area contributed by atoms with E-state index in [4.69, 9.17) is 0 Å². The fourth-order valence-corrected chi connectivity index (χ4v) is 2.37. The lowest BCUT2D eigenvalue weighted by Crippen LogP contribution is -2.18. The highest BCUT2D eigenvalue weighted by atomic mass is 79.9. The second-order valence-corrected chi connectivity index (χ2v) is 5.48. The van der Waals surface area contributed by atoms with Gasteiger partial charge in [-0.15, -0.1) is 0 Å². The van der Waals surface area contributed by atoms with Crippen molar-refractivity contribution in [3.8, 4) is 0 Å². The van der Waals surface area contributed by atoms with Crippen LogP contribution in [0.25, 0.3) is 0 Å². The van der Waals surface area contributed by atoms with Crippen molar-refractivity contribution >= 4 is 33.3 Å². The van der Waals surface area contributed by atoms with Gasteiger partial charge in [-0.2, -0.15) is 0 Å². The maximum absolute atomic E-state index is 11.0. The van der Waals surface area contributed by atoms with Gasteiger partial charge in [0.1, 0.15) is 11.6 Å². The smallest absolute Gasteiger partial charge is 0.276 e. The number of aromatic nitrogens is 1. The summed E-state index contributed by atoms with van der Waals surface area (Å²) in [6, 6.07) is 10.8. The predicted octanol–water partition coefficient (Wildman–Crippen LogP) is 3.43. The van der Waals surface area contributed by atoms with Crippen LogP contribution in [-0.4, -0.2) is 24.0 Å². The number of rotatable bonds is 5. The lowest BCUT2D eigenvalue weighted by atomic mass is 10.2. The maximum Gasteiger partial charge on any atom is 0.276 e. The van der Waals surface area contributed by atoms with Gasteiger partial charge in [0.25, 0.3) is 5.69 Å². The highest BCUT2D eigenvalue weighted by Gasteiger charge is 2.13. The molecule has 0 saturated carbocycles. The minimum atomic E-state index is -0.418. The van der Waals surface area contributed by atoms with Crippen LogP contribution >= 0.6 is 15.9 Å². The van der Waals surface area contributed by atoms with E-state index < -0.39 is 4.92 Å². The molecule has 110 valence electrons. The zero-order valence-electron chi connectivity index (χ0n) is 11.7. The van der Waals surface area contributed by atoms with Crippen LogP contribution in [0.4, 0.5) is 17.3 Å². The molecule has 0 saturated heterocycles. The van der Waals surface area contributed by atoms with Crippen molar-refractivity contribution in [2.45, 2.75) is 6.54 Å². The van der Waals surface area contributed by atoms with Crippen LogP contribution in [0.3, 0.4) is 0 Å². The average Bonchev–Trinajstić information content (AvgIpc) is 2.46. The zero-order chi connectivity index (χ0) is 15.4. The molecule has 21 heavy (non-hydrogen) atoms. The van der Waals surface area contributed by atoms with Gasteiger partial charge < -0.3 is 10.2 Å². The van der Waals surface area contributed by atoms with E-state index in [-0.39, 0.29) is 5.69 Å². The molecule has 1 N–H and O–H groups in total. The fourth-order valence-electron chi connectivity index (χ4n) is 1.92. The molecular formula is C14H15BrN4O2. The third-order valence-corrected chi connectivity index (χ3v) is 3.46. The first-order valence-corrected chi connectivity index (χ1v) is 7.08. The normalized spacial score (nSPS) is 10.2. The van der Waals surface area contributed by atoms with E-state index in [2.05, 4.69) is 26.2 Å². The molecule has 7 heteroatoms. The molecule has 0 aliphatic rings. The quantitative estimate of drug-likeness (QED) is 0.660. The summed E-state index contributed by atoms with van der Waals surface area (Å²) < 4.78 is 0.997. The summed E-state index contributed by atoms with van der Waals surface area (Å²) in [6.45, 7) is 0.608. The number of anilines is 2. The summed E-state index contributed by atoms with van der Waals surface area (Å²) in [4.78, 5) is 16.8. The van der Waals surface area contributed by atoms with Gasteiger partial charge in [0.05, 0.1) is 17.1 Å². The van der Waals surface area contributed by atoms with E-state index in [1.54, 1.807) is 7.05 Å². The van der Waals surface area contributed by atoms with Crippen molar-refractivity contribution in [1.29, 1.82) is 0 Å². The Morgan fingerprint density at radius 1 is 1.38 bits per heavy atom. The minimum absolute atomic E-state index is 0.0189. The van der Waals surface area contributed by atoms with Gasteiger partial charge in [-0.05, 0) is 17.7 Å². The third kappa shape index (κ3) is 3.91. The number of nitrogens with one attached hydrogen (secondary N) is 1. The molecule has 2 rings (SSSR count). The Balaban J connectivity index is 2.27. The Bertz CT molecular complexity index is 663.